The first-order chi connectivity index (χ1) is 2.89. The molecule has 0 aromatic carbocycles. The minimum absolute atomic E-state index is 0.648. The van der Waals surface area contributed by atoms with E-state index in [0.29, 0.717) is 8.88 Å². The van der Waals surface area contributed by atoms with Gasteiger partial charge in [-0.3, -0.25) is 5.09 Å². The summed E-state index contributed by atoms with van der Waals surface area (Å²) in [6, 6.07) is 0. The molecule has 1 fully saturated rings. The molecule has 0 amide bonds. The minimum Gasteiger partial charge on any atom is -0.348 e. The van der Waals surface area contributed by atoms with Crippen LogP contribution >= 0.6 is 21.1 Å². The maximum Gasteiger partial charge on any atom is 0.0936 e. The molecule has 34 valence electrons. The van der Waals surface area contributed by atoms with Crippen molar-refractivity contribution in [1.82, 2.24) is 10.2 Å². The number of rotatable bonds is 0. The maximum absolute atomic E-state index is 4.75. The molecule has 1 saturated heterocycles. The van der Waals surface area contributed by atoms with E-state index in [1.807, 2.05) is 0 Å². The number of thiocarbonyl (C=S) groups is 1. The lowest BCUT2D eigenvalue weighted by molar-refractivity contribution is 1.21. The zero-order valence-corrected chi connectivity index (χ0v) is 4.93. The van der Waals surface area contributed by atoms with Gasteiger partial charge in [0.2, 0.25) is 0 Å². The lowest BCUT2D eigenvalue weighted by Crippen LogP contribution is -2.08. The van der Waals surface area contributed by atoms with Crippen molar-refractivity contribution in [1.29, 1.82) is 0 Å². The molecule has 4 heteroatoms. The summed E-state index contributed by atoms with van der Waals surface area (Å²) in [6.07, 6.45) is 0. The van der Waals surface area contributed by atoms with Crippen LogP contribution in [0, 0.1) is 0 Å². The van der Waals surface area contributed by atoms with Crippen LogP contribution in [0.25, 0.3) is 0 Å². The Morgan fingerprint density at radius 3 is 2.83 bits per heavy atom. The third kappa shape index (κ3) is 0.869. The normalized spacial score (nSPS) is 25.0. The van der Waals surface area contributed by atoms with Crippen molar-refractivity contribution < 1.29 is 0 Å². The van der Waals surface area contributed by atoms with E-state index < -0.39 is 0 Å². The average Bonchev–Trinajstić information content (AvgIpc) is 1.86. The van der Waals surface area contributed by atoms with Crippen LogP contribution in [0.1, 0.15) is 0 Å². The van der Waals surface area contributed by atoms with Gasteiger partial charge in [0.15, 0.2) is 0 Å². The highest BCUT2D eigenvalue weighted by atomic mass is 32.1. The quantitative estimate of drug-likeness (QED) is 0.348. The predicted octanol–water partition coefficient (Wildman–Crippen LogP) is 0.0151. The second-order valence-electron chi connectivity index (χ2n) is 1.03. The number of nitrogens with one attached hydrogen (secondary N) is 2. The smallest absolute Gasteiger partial charge is 0.0936 e. The topological polar surface area (TPSA) is 24.1 Å². The van der Waals surface area contributed by atoms with E-state index in [9.17, 15) is 0 Å². The first-order valence-electron chi connectivity index (χ1n) is 1.66. The molecule has 0 aromatic heterocycles. The van der Waals surface area contributed by atoms with Gasteiger partial charge in [0.05, 0.1) is 11.5 Å². The van der Waals surface area contributed by atoms with Crippen molar-refractivity contribution in [3.05, 3.63) is 0 Å². The second kappa shape index (κ2) is 1.82. The van der Waals surface area contributed by atoms with E-state index in [1.54, 1.807) is 0 Å². The highest BCUT2D eigenvalue weighted by molar-refractivity contribution is 7.81. The molecular formula is C2H5N2PS. The maximum atomic E-state index is 4.75. The van der Waals surface area contributed by atoms with Crippen LogP contribution < -0.4 is 10.2 Å². The molecule has 1 unspecified atom stereocenters. The third-order valence-electron chi connectivity index (χ3n) is 0.539. The van der Waals surface area contributed by atoms with Gasteiger partial charge in [0, 0.05) is 8.88 Å². The number of hydrogen-bond acceptors (Lipinski definition) is 2. The highest BCUT2D eigenvalue weighted by Crippen LogP contribution is 2.00. The molecule has 6 heavy (non-hydrogen) atoms. The summed E-state index contributed by atoms with van der Waals surface area (Å²) >= 11 is 4.75. The third-order valence-corrected chi connectivity index (χ3v) is 1.75. The van der Waals surface area contributed by atoms with Crippen LogP contribution in [0.4, 0.5) is 0 Å². The Labute approximate surface area is 43.6 Å². The summed E-state index contributed by atoms with van der Waals surface area (Å²) in [5, 5.41) is 6.02. The average molecular weight is 120 g/mol. The molecule has 1 heterocycles. The van der Waals surface area contributed by atoms with Crippen molar-refractivity contribution in [3.8, 4) is 0 Å². The summed E-state index contributed by atoms with van der Waals surface area (Å²) in [5.41, 5.74) is 0. The van der Waals surface area contributed by atoms with Gasteiger partial charge >= 0.3 is 0 Å². The Kier molecular flexibility index (Phi) is 1.35. The van der Waals surface area contributed by atoms with E-state index in [1.165, 1.54) is 0 Å². The fourth-order valence-electron chi connectivity index (χ4n) is 0.283. The van der Waals surface area contributed by atoms with Crippen LogP contribution in [-0.2, 0) is 0 Å². The molecule has 2 N–H and O–H groups in total. The Balaban J connectivity index is 2.37. The molecule has 0 spiro atoms. The predicted molar refractivity (Wildman–Crippen MR) is 32.1 cm³/mol. The molecule has 1 aliphatic heterocycles. The van der Waals surface area contributed by atoms with Crippen molar-refractivity contribution in [3.63, 3.8) is 0 Å². The van der Waals surface area contributed by atoms with E-state index >= 15 is 0 Å². The molecule has 0 aromatic rings. The molecule has 1 atom stereocenters. The minimum atomic E-state index is 0.648. The van der Waals surface area contributed by atoms with Crippen LogP contribution in [0.3, 0.4) is 0 Å². The summed E-state index contributed by atoms with van der Waals surface area (Å²) in [7, 11) is 0.648. The zero-order chi connectivity index (χ0) is 4.41. The summed E-state index contributed by atoms with van der Waals surface area (Å²) in [6.45, 7) is 0.869. The standard InChI is InChI=1S/C2H5N2PS/c6-2-1-3-5-4-2/h3,5H,1H2,(H,4,6). The fraction of sp³-hybridized carbons (Fsp3) is 0.500. The lowest BCUT2D eigenvalue weighted by Gasteiger charge is -1.81. The lowest BCUT2D eigenvalue weighted by atomic mass is 10.7. The van der Waals surface area contributed by atoms with Gasteiger partial charge in [-0.2, -0.15) is 0 Å². The van der Waals surface area contributed by atoms with Crippen LogP contribution in [-0.4, -0.2) is 11.5 Å². The van der Waals surface area contributed by atoms with Gasteiger partial charge in [0.1, 0.15) is 0 Å². The Morgan fingerprint density at radius 1 is 1.83 bits per heavy atom. The molecule has 0 saturated carbocycles. The van der Waals surface area contributed by atoms with Gasteiger partial charge in [-0.1, -0.05) is 12.2 Å². The first kappa shape index (κ1) is 4.44. The van der Waals surface area contributed by atoms with Crippen molar-refractivity contribution in [2.45, 2.75) is 0 Å². The second-order valence-corrected chi connectivity index (χ2v) is 2.37. The van der Waals surface area contributed by atoms with Crippen LogP contribution in [0.5, 0.6) is 0 Å². The Hall–Kier alpha value is 0.280. The van der Waals surface area contributed by atoms with Crippen LogP contribution in [0.2, 0.25) is 0 Å². The van der Waals surface area contributed by atoms with Gasteiger partial charge in [-0.15, -0.1) is 0 Å². The van der Waals surface area contributed by atoms with E-state index in [-0.39, 0.29) is 0 Å². The van der Waals surface area contributed by atoms with Gasteiger partial charge in [-0.05, 0) is 0 Å². The first-order valence-corrected chi connectivity index (χ1v) is 3.07. The highest BCUT2D eigenvalue weighted by Gasteiger charge is 1.99. The molecule has 2 nitrogen and oxygen atoms in total. The van der Waals surface area contributed by atoms with E-state index in [0.717, 1.165) is 11.5 Å². The van der Waals surface area contributed by atoms with Gasteiger partial charge < -0.3 is 5.09 Å². The largest absolute Gasteiger partial charge is 0.348 e. The van der Waals surface area contributed by atoms with Crippen LogP contribution in [0.15, 0.2) is 0 Å². The van der Waals surface area contributed by atoms with Gasteiger partial charge in [-0.25, -0.2) is 0 Å². The number of hydrogen-bond donors (Lipinski definition) is 2. The molecule has 0 bridgehead atoms. The summed E-state index contributed by atoms with van der Waals surface area (Å²) in [5.74, 6) is 0. The van der Waals surface area contributed by atoms with Crippen molar-refractivity contribution in [2.24, 2.45) is 0 Å². The molecule has 1 aliphatic rings. The van der Waals surface area contributed by atoms with E-state index in [4.69, 9.17) is 12.2 Å². The monoisotopic (exact) mass is 120 g/mol. The van der Waals surface area contributed by atoms with E-state index in [2.05, 4.69) is 10.2 Å². The zero-order valence-electron chi connectivity index (χ0n) is 3.12. The van der Waals surface area contributed by atoms with Crippen molar-refractivity contribution >= 4 is 26.1 Å². The van der Waals surface area contributed by atoms with Crippen molar-refractivity contribution in [2.75, 3.05) is 6.54 Å². The summed E-state index contributed by atoms with van der Waals surface area (Å²) in [4.78, 5) is 0.938. The molecule has 0 aliphatic carbocycles. The molecule has 0 radical (unpaired) electrons. The Bertz CT molecular complexity index is 65.9. The summed E-state index contributed by atoms with van der Waals surface area (Å²) < 4.78 is 0. The molecular weight excluding hydrogens is 115 g/mol. The van der Waals surface area contributed by atoms with Gasteiger partial charge in [0.25, 0.3) is 0 Å². The fourth-order valence-corrected chi connectivity index (χ4v) is 1.22. The Morgan fingerprint density at radius 2 is 2.67 bits per heavy atom. The molecule has 1 rings (SSSR count). The SMILES string of the molecule is S=C1CNPN1.